The summed E-state index contributed by atoms with van der Waals surface area (Å²) in [7, 11) is 1.67. The first-order valence-electron chi connectivity index (χ1n) is 5.58. The van der Waals surface area contributed by atoms with Crippen LogP contribution in [0.2, 0.25) is 0 Å². The Kier molecular flexibility index (Phi) is 3.49. The van der Waals surface area contributed by atoms with Gasteiger partial charge in [-0.1, -0.05) is 23.8 Å². The molecule has 84 valence electrons. The maximum absolute atomic E-state index is 6.21. The van der Waals surface area contributed by atoms with Crippen LogP contribution in [0.4, 0.5) is 0 Å². The zero-order valence-corrected chi connectivity index (χ0v) is 10.1. The lowest BCUT2D eigenvalue weighted by atomic mass is 10.00. The second-order valence-corrected chi connectivity index (χ2v) is 4.81. The third-order valence-electron chi connectivity index (χ3n) is 3.32. The first-order chi connectivity index (χ1) is 7.24. The van der Waals surface area contributed by atoms with Crippen molar-refractivity contribution in [3.63, 3.8) is 0 Å². The van der Waals surface area contributed by atoms with Crippen molar-refractivity contribution < 1.29 is 4.84 Å². The van der Waals surface area contributed by atoms with E-state index < -0.39 is 0 Å². The van der Waals surface area contributed by atoms with Gasteiger partial charge in [0.25, 0.3) is 0 Å². The van der Waals surface area contributed by atoms with Gasteiger partial charge in [-0.05, 0) is 43.6 Å². The monoisotopic (exact) mass is 227 g/mol. The summed E-state index contributed by atoms with van der Waals surface area (Å²) in [5, 5.41) is 0.971. The Labute approximate surface area is 96.3 Å². The molecular weight excluding hydrogens is 210 g/mol. The lowest BCUT2D eigenvalue weighted by molar-refractivity contribution is 0.0586. The quantitative estimate of drug-likeness (QED) is 0.746. The number of halogens is 1. The van der Waals surface area contributed by atoms with Gasteiger partial charge in [0.15, 0.2) is 0 Å². The standard InChI is InChI=1S/C12H18ClNO/c1-8(14-15-2)10-7-11(10)9-5-3-4-6-12(9)13/h5-6,8,10-11,14H,3-4,7H2,1-2H3/t8?,10?,11-/m0/s1. The molecule has 2 aliphatic rings. The van der Waals surface area contributed by atoms with Crippen LogP contribution >= 0.6 is 11.6 Å². The Bertz CT molecular complexity index is 298. The van der Waals surface area contributed by atoms with Gasteiger partial charge < -0.3 is 4.84 Å². The molecule has 0 amide bonds. The number of hydrogen-bond acceptors (Lipinski definition) is 2. The fourth-order valence-corrected chi connectivity index (χ4v) is 2.72. The SMILES string of the molecule is CONC(C)C1C[C@H]1C1=CCCC=C1Cl. The first kappa shape index (κ1) is 11.2. The van der Waals surface area contributed by atoms with Gasteiger partial charge in [-0.2, -0.15) is 5.48 Å². The maximum atomic E-state index is 6.21. The molecule has 0 aromatic heterocycles. The lowest BCUT2D eigenvalue weighted by Crippen LogP contribution is -2.27. The fourth-order valence-electron chi connectivity index (χ4n) is 2.39. The van der Waals surface area contributed by atoms with Gasteiger partial charge in [0.05, 0.1) is 7.11 Å². The molecular formula is C12H18ClNO. The summed E-state index contributed by atoms with van der Waals surface area (Å²) < 4.78 is 0. The summed E-state index contributed by atoms with van der Waals surface area (Å²) in [6.07, 6.45) is 7.90. The third kappa shape index (κ3) is 2.44. The first-order valence-corrected chi connectivity index (χ1v) is 5.96. The van der Waals surface area contributed by atoms with E-state index in [9.17, 15) is 0 Å². The molecule has 0 aromatic carbocycles. The second-order valence-electron chi connectivity index (χ2n) is 4.41. The van der Waals surface area contributed by atoms with Crippen molar-refractivity contribution in [2.45, 2.75) is 32.2 Å². The van der Waals surface area contributed by atoms with Crippen molar-refractivity contribution in [2.24, 2.45) is 11.8 Å². The highest BCUT2D eigenvalue weighted by Crippen LogP contribution is 2.50. The molecule has 0 radical (unpaired) electrons. The highest BCUT2D eigenvalue weighted by molar-refractivity contribution is 6.32. The molecule has 0 spiro atoms. The van der Waals surface area contributed by atoms with E-state index in [1.165, 1.54) is 12.0 Å². The molecule has 2 aliphatic carbocycles. The van der Waals surface area contributed by atoms with Crippen LogP contribution in [0.1, 0.15) is 26.2 Å². The van der Waals surface area contributed by atoms with Gasteiger partial charge in [-0.25, -0.2) is 0 Å². The van der Waals surface area contributed by atoms with Gasteiger partial charge in [-0.3, -0.25) is 0 Å². The molecule has 1 N–H and O–H groups in total. The molecule has 0 bridgehead atoms. The van der Waals surface area contributed by atoms with Crippen LogP contribution in [0.3, 0.4) is 0 Å². The summed E-state index contributed by atoms with van der Waals surface area (Å²) in [5.74, 6) is 1.32. The predicted molar refractivity (Wildman–Crippen MR) is 62.5 cm³/mol. The molecule has 0 aromatic rings. The van der Waals surface area contributed by atoms with E-state index >= 15 is 0 Å². The minimum atomic E-state index is 0.410. The van der Waals surface area contributed by atoms with Crippen LogP contribution in [0.15, 0.2) is 22.8 Å². The Morgan fingerprint density at radius 3 is 2.87 bits per heavy atom. The second kappa shape index (κ2) is 4.69. The average Bonchev–Trinajstić information content (AvgIpc) is 2.98. The highest BCUT2D eigenvalue weighted by atomic mass is 35.5. The number of rotatable bonds is 4. The molecule has 3 atom stereocenters. The van der Waals surface area contributed by atoms with Gasteiger partial charge in [-0.15, -0.1) is 0 Å². The van der Waals surface area contributed by atoms with E-state index in [1.54, 1.807) is 7.11 Å². The number of hydroxylamine groups is 1. The third-order valence-corrected chi connectivity index (χ3v) is 3.69. The van der Waals surface area contributed by atoms with E-state index in [0.717, 1.165) is 17.9 Å². The Balaban J connectivity index is 1.93. The van der Waals surface area contributed by atoms with Gasteiger partial charge in [0.1, 0.15) is 0 Å². The molecule has 15 heavy (non-hydrogen) atoms. The van der Waals surface area contributed by atoms with Crippen LogP contribution in [0, 0.1) is 11.8 Å². The molecule has 0 saturated heterocycles. The summed E-state index contributed by atoms with van der Waals surface area (Å²) in [6, 6.07) is 0.410. The maximum Gasteiger partial charge on any atom is 0.0572 e. The molecule has 1 fully saturated rings. The smallest absolute Gasteiger partial charge is 0.0572 e. The molecule has 2 rings (SSSR count). The topological polar surface area (TPSA) is 21.3 Å². The number of nitrogens with one attached hydrogen (secondary N) is 1. The van der Waals surface area contributed by atoms with Crippen molar-refractivity contribution in [1.82, 2.24) is 5.48 Å². The van der Waals surface area contributed by atoms with E-state index in [-0.39, 0.29) is 0 Å². The zero-order valence-electron chi connectivity index (χ0n) is 9.29. The normalized spacial score (nSPS) is 31.9. The largest absolute Gasteiger partial charge is 0.305 e. The molecule has 1 saturated carbocycles. The highest BCUT2D eigenvalue weighted by Gasteiger charge is 2.44. The Morgan fingerprint density at radius 1 is 1.47 bits per heavy atom. The zero-order chi connectivity index (χ0) is 10.8. The van der Waals surface area contributed by atoms with E-state index in [2.05, 4.69) is 24.6 Å². The Hall–Kier alpha value is -0.310. The summed E-state index contributed by atoms with van der Waals surface area (Å²) in [4.78, 5) is 4.95. The lowest BCUT2D eigenvalue weighted by Gasteiger charge is -2.14. The number of hydrogen-bond donors (Lipinski definition) is 1. The summed E-state index contributed by atoms with van der Waals surface area (Å²) >= 11 is 6.21. The molecule has 0 heterocycles. The molecule has 0 aliphatic heterocycles. The molecule has 2 nitrogen and oxygen atoms in total. The fraction of sp³-hybridized carbons (Fsp3) is 0.667. The van der Waals surface area contributed by atoms with Crippen molar-refractivity contribution >= 4 is 11.6 Å². The van der Waals surface area contributed by atoms with Crippen LogP contribution in [0.25, 0.3) is 0 Å². The van der Waals surface area contributed by atoms with Gasteiger partial charge in [0.2, 0.25) is 0 Å². The Morgan fingerprint density at radius 2 is 2.20 bits per heavy atom. The predicted octanol–water partition coefficient (Wildman–Crippen LogP) is 3.00. The molecule has 3 heteroatoms. The van der Waals surface area contributed by atoms with Crippen LogP contribution < -0.4 is 5.48 Å². The summed E-state index contributed by atoms with van der Waals surface area (Å²) in [6.45, 7) is 2.16. The number of allylic oxidation sites excluding steroid dienone is 4. The molecule has 2 unspecified atom stereocenters. The van der Waals surface area contributed by atoms with Gasteiger partial charge >= 0.3 is 0 Å². The summed E-state index contributed by atoms with van der Waals surface area (Å²) in [5.41, 5.74) is 4.36. The van der Waals surface area contributed by atoms with Crippen LogP contribution in [-0.2, 0) is 4.84 Å². The van der Waals surface area contributed by atoms with E-state index in [1.807, 2.05) is 0 Å². The van der Waals surface area contributed by atoms with Crippen LogP contribution in [-0.4, -0.2) is 13.2 Å². The van der Waals surface area contributed by atoms with Gasteiger partial charge in [0, 0.05) is 11.1 Å². The van der Waals surface area contributed by atoms with Crippen LogP contribution in [0.5, 0.6) is 0 Å². The minimum Gasteiger partial charge on any atom is -0.305 e. The van der Waals surface area contributed by atoms with E-state index in [4.69, 9.17) is 16.4 Å². The minimum absolute atomic E-state index is 0.410. The van der Waals surface area contributed by atoms with Crippen molar-refractivity contribution in [3.8, 4) is 0 Å². The average molecular weight is 228 g/mol. The van der Waals surface area contributed by atoms with Crippen molar-refractivity contribution in [1.29, 1.82) is 0 Å². The van der Waals surface area contributed by atoms with Crippen molar-refractivity contribution in [3.05, 3.63) is 22.8 Å². The van der Waals surface area contributed by atoms with Crippen molar-refractivity contribution in [2.75, 3.05) is 7.11 Å². The van der Waals surface area contributed by atoms with E-state index in [0.29, 0.717) is 17.9 Å².